The molecular weight excluding hydrogens is 250 g/mol. The number of aromatic carboxylic acids is 1. The third-order valence-corrected chi connectivity index (χ3v) is 3.75. The van der Waals surface area contributed by atoms with Crippen molar-refractivity contribution in [2.24, 2.45) is 0 Å². The molecule has 0 unspecified atom stereocenters. The molecule has 1 N–H and O–H groups in total. The third kappa shape index (κ3) is 3.99. The molecule has 0 saturated carbocycles. The molecule has 1 aromatic rings. The summed E-state index contributed by atoms with van der Waals surface area (Å²) >= 11 is 0. The SMILES string of the molecule is CCCCCCc1c(C(=O)O)ccc(N(C)C)c1CC. The van der Waals surface area contributed by atoms with Crippen LogP contribution in [-0.4, -0.2) is 25.2 Å². The quantitative estimate of drug-likeness (QED) is 0.726. The van der Waals surface area contributed by atoms with Gasteiger partial charge in [0.05, 0.1) is 5.56 Å². The average molecular weight is 277 g/mol. The zero-order chi connectivity index (χ0) is 15.1. The molecule has 0 fully saturated rings. The minimum Gasteiger partial charge on any atom is -0.478 e. The van der Waals surface area contributed by atoms with E-state index < -0.39 is 5.97 Å². The van der Waals surface area contributed by atoms with Gasteiger partial charge < -0.3 is 10.0 Å². The van der Waals surface area contributed by atoms with Crippen LogP contribution in [0.2, 0.25) is 0 Å². The van der Waals surface area contributed by atoms with Gasteiger partial charge in [-0.25, -0.2) is 4.79 Å². The van der Waals surface area contributed by atoms with E-state index in [0.29, 0.717) is 5.56 Å². The van der Waals surface area contributed by atoms with E-state index in [2.05, 4.69) is 18.7 Å². The molecule has 20 heavy (non-hydrogen) atoms. The van der Waals surface area contributed by atoms with Crippen LogP contribution in [0.5, 0.6) is 0 Å². The molecule has 0 bridgehead atoms. The van der Waals surface area contributed by atoms with E-state index in [1.165, 1.54) is 24.8 Å². The average Bonchev–Trinajstić information content (AvgIpc) is 2.42. The number of carboxylic acid groups (broad SMARTS) is 1. The van der Waals surface area contributed by atoms with Crippen molar-refractivity contribution in [1.29, 1.82) is 0 Å². The summed E-state index contributed by atoms with van der Waals surface area (Å²) in [6.07, 6.45) is 6.40. The first-order valence-corrected chi connectivity index (χ1v) is 7.58. The Kier molecular flexibility index (Phi) is 6.56. The molecule has 3 heteroatoms. The molecule has 1 rings (SSSR count). The van der Waals surface area contributed by atoms with Gasteiger partial charge in [-0.15, -0.1) is 0 Å². The molecule has 0 amide bonds. The number of hydrogen-bond donors (Lipinski definition) is 1. The Bertz CT molecular complexity index is 453. The fourth-order valence-electron chi connectivity index (χ4n) is 2.71. The van der Waals surface area contributed by atoms with Gasteiger partial charge in [0.25, 0.3) is 0 Å². The van der Waals surface area contributed by atoms with Gasteiger partial charge in [0.2, 0.25) is 0 Å². The van der Waals surface area contributed by atoms with Crippen LogP contribution in [0.3, 0.4) is 0 Å². The highest BCUT2D eigenvalue weighted by Gasteiger charge is 2.17. The van der Waals surface area contributed by atoms with Gasteiger partial charge in [0.15, 0.2) is 0 Å². The van der Waals surface area contributed by atoms with Crippen molar-refractivity contribution in [1.82, 2.24) is 0 Å². The van der Waals surface area contributed by atoms with Crippen LogP contribution in [0.25, 0.3) is 0 Å². The van der Waals surface area contributed by atoms with E-state index >= 15 is 0 Å². The fourth-order valence-corrected chi connectivity index (χ4v) is 2.71. The molecule has 0 heterocycles. The maximum Gasteiger partial charge on any atom is 0.335 e. The summed E-state index contributed by atoms with van der Waals surface area (Å²) in [7, 11) is 4.02. The Balaban J connectivity index is 3.12. The molecule has 3 nitrogen and oxygen atoms in total. The number of anilines is 1. The minimum atomic E-state index is -0.810. The maximum atomic E-state index is 11.4. The zero-order valence-corrected chi connectivity index (χ0v) is 13.2. The van der Waals surface area contributed by atoms with E-state index in [4.69, 9.17) is 0 Å². The third-order valence-electron chi connectivity index (χ3n) is 3.75. The maximum absolute atomic E-state index is 11.4. The number of nitrogens with zero attached hydrogens (tertiary/aromatic N) is 1. The first-order chi connectivity index (χ1) is 9.52. The van der Waals surface area contributed by atoms with Crippen LogP contribution < -0.4 is 4.90 Å². The van der Waals surface area contributed by atoms with Gasteiger partial charge in [-0.1, -0.05) is 33.1 Å². The highest BCUT2D eigenvalue weighted by molar-refractivity contribution is 5.91. The highest BCUT2D eigenvalue weighted by Crippen LogP contribution is 2.28. The molecule has 0 aromatic heterocycles. The van der Waals surface area contributed by atoms with Crippen LogP contribution in [-0.2, 0) is 12.8 Å². The van der Waals surface area contributed by atoms with Gasteiger partial charge in [0.1, 0.15) is 0 Å². The van der Waals surface area contributed by atoms with Crippen molar-refractivity contribution in [2.45, 2.75) is 52.4 Å². The van der Waals surface area contributed by atoms with Gasteiger partial charge in [-0.3, -0.25) is 0 Å². The lowest BCUT2D eigenvalue weighted by Crippen LogP contribution is -2.15. The summed E-state index contributed by atoms with van der Waals surface area (Å²) in [5.41, 5.74) is 3.83. The van der Waals surface area contributed by atoms with Crippen molar-refractivity contribution in [3.8, 4) is 0 Å². The Labute approximate surface area is 122 Å². The summed E-state index contributed by atoms with van der Waals surface area (Å²) in [5.74, 6) is -0.810. The van der Waals surface area contributed by atoms with Crippen LogP contribution in [0, 0.1) is 0 Å². The Morgan fingerprint density at radius 3 is 2.30 bits per heavy atom. The summed E-state index contributed by atoms with van der Waals surface area (Å²) < 4.78 is 0. The molecule has 0 atom stereocenters. The van der Waals surface area contributed by atoms with Crippen molar-refractivity contribution in [3.63, 3.8) is 0 Å². The standard InChI is InChI=1S/C17H27NO2/c1-5-7-8-9-10-14-13(6-2)16(18(3)4)12-11-15(14)17(19)20/h11-12H,5-10H2,1-4H3,(H,19,20). The number of carboxylic acids is 1. The number of benzene rings is 1. The lowest BCUT2D eigenvalue weighted by atomic mass is 9.92. The first-order valence-electron chi connectivity index (χ1n) is 7.58. The smallest absolute Gasteiger partial charge is 0.335 e. The van der Waals surface area contributed by atoms with E-state index in [0.717, 1.165) is 30.5 Å². The topological polar surface area (TPSA) is 40.5 Å². The lowest BCUT2D eigenvalue weighted by Gasteiger charge is -2.21. The van der Waals surface area contributed by atoms with Crippen molar-refractivity contribution < 1.29 is 9.90 Å². The molecule has 0 aliphatic heterocycles. The van der Waals surface area contributed by atoms with E-state index in [9.17, 15) is 9.90 Å². The molecular formula is C17H27NO2. The normalized spacial score (nSPS) is 10.6. The lowest BCUT2D eigenvalue weighted by molar-refractivity contribution is 0.0695. The molecule has 0 radical (unpaired) electrons. The van der Waals surface area contributed by atoms with Crippen LogP contribution in [0.4, 0.5) is 5.69 Å². The van der Waals surface area contributed by atoms with Crippen LogP contribution in [0.15, 0.2) is 12.1 Å². The molecule has 0 aliphatic rings. The second kappa shape index (κ2) is 7.93. The first kappa shape index (κ1) is 16.5. The Hall–Kier alpha value is -1.51. The summed E-state index contributed by atoms with van der Waals surface area (Å²) in [4.78, 5) is 13.5. The predicted molar refractivity (Wildman–Crippen MR) is 85.0 cm³/mol. The van der Waals surface area contributed by atoms with Gasteiger partial charge in [0, 0.05) is 19.8 Å². The fraction of sp³-hybridized carbons (Fsp3) is 0.588. The van der Waals surface area contributed by atoms with E-state index in [-0.39, 0.29) is 0 Å². The Morgan fingerprint density at radius 1 is 1.10 bits per heavy atom. The van der Waals surface area contributed by atoms with Crippen LogP contribution >= 0.6 is 0 Å². The molecule has 112 valence electrons. The highest BCUT2D eigenvalue weighted by atomic mass is 16.4. The van der Waals surface area contributed by atoms with E-state index in [1.807, 2.05) is 20.2 Å². The second-order valence-corrected chi connectivity index (χ2v) is 5.45. The molecule has 0 aliphatic carbocycles. The van der Waals surface area contributed by atoms with Gasteiger partial charge in [-0.2, -0.15) is 0 Å². The molecule has 0 spiro atoms. The molecule has 1 aromatic carbocycles. The molecule has 0 saturated heterocycles. The number of unbranched alkanes of at least 4 members (excludes halogenated alkanes) is 3. The minimum absolute atomic E-state index is 0.476. The number of hydrogen-bond acceptors (Lipinski definition) is 2. The van der Waals surface area contributed by atoms with Gasteiger partial charge >= 0.3 is 5.97 Å². The summed E-state index contributed by atoms with van der Waals surface area (Å²) in [6.45, 7) is 4.29. The van der Waals surface area contributed by atoms with Crippen molar-refractivity contribution >= 4 is 11.7 Å². The Morgan fingerprint density at radius 2 is 1.80 bits per heavy atom. The number of carbonyl (C=O) groups is 1. The van der Waals surface area contributed by atoms with E-state index in [1.54, 1.807) is 6.07 Å². The van der Waals surface area contributed by atoms with Gasteiger partial charge in [-0.05, 0) is 42.5 Å². The summed E-state index contributed by atoms with van der Waals surface area (Å²) in [5, 5.41) is 9.40. The summed E-state index contributed by atoms with van der Waals surface area (Å²) in [6, 6.07) is 3.68. The zero-order valence-electron chi connectivity index (χ0n) is 13.2. The van der Waals surface area contributed by atoms with Crippen LogP contribution in [0.1, 0.15) is 61.0 Å². The monoisotopic (exact) mass is 277 g/mol. The number of rotatable bonds is 8. The van der Waals surface area contributed by atoms with Crippen molar-refractivity contribution in [3.05, 3.63) is 28.8 Å². The predicted octanol–water partition coefficient (Wildman–Crippen LogP) is 4.14. The second-order valence-electron chi connectivity index (χ2n) is 5.45. The van der Waals surface area contributed by atoms with Crippen molar-refractivity contribution in [2.75, 3.05) is 19.0 Å². The largest absolute Gasteiger partial charge is 0.478 e.